The van der Waals surface area contributed by atoms with Crippen molar-refractivity contribution in [3.05, 3.63) is 45.9 Å². The summed E-state index contributed by atoms with van der Waals surface area (Å²) in [6.07, 6.45) is 3.76. The van der Waals surface area contributed by atoms with E-state index in [1.54, 1.807) is 37.4 Å². The Labute approximate surface area is 170 Å². The lowest BCUT2D eigenvalue weighted by atomic mass is 10.2. The summed E-state index contributed by atoms with van der Waals surface area (Å²) in [5, 5.41) is 7.50. The molecule has 2 rings (SSSR count). The normalized spacial score (nSPS) is 11.2. The lowest BCUT2D eigenvalue weighted by Crippen LogP contribution is -2.43. The van der Waals surface area contributed by atoms with Crippen LogP contribution in [0, 0.1) is 0 Å². The van der Waals surface area contributed by atoms with E-state index in [1.165, 1.54) is 4.88 Å². The standard InChI is InChI=1S/C20H29N5O2S/c1-5-17-13-22-18(28-17)10-11-21-20(24-14-19(26)25(2)3)23-12-15-6-8-16(27-4)9-7-15/h6-9,13H,5,10-12,14H2,1-4H3,(H2,21,23,24). The van der Waals surface area contributed by atoms with Gasteiger partial charge in [-0.1, -0.05) is 19.1 Å². The molecule has 28 heavy (non-hydrogen) atoms. The van der Waals surface area contributed by atoms with E-state index in [4.69, 9.17) is 4.74 Å². The first kappa shape index (κ1) is 21.7. The second kappa shape index (κ2) is 11.3. The van der Waals surface area contributed by atoms with Gasteiger partial charge in [-0.3, -0.25) is 4.79 Å². The third kappa shape index (κ3) is 7.19. The summed E-state index contributed by atoms with van der Waals surface area (Å²) in [4.78, 5) is 23.8. The van der Waals surface area contributed by atoms with E-state index in [0.29, 0.717) is 19.0 Å². The van der Waals surface area contributed by atoms with Gasteiger partial charge in [-0.25, -0.2) is 9.98 Å². The van der Waals surface area contributed by atoms with Gasteiger partial charge in [-0.15, -0.1) is 11.3 Å². The van der Waals surface area contributed by atoms with Crippen molar-refractivity contribution in [1.82, 2.24) is 20.5 Å². The molecular formula is C20H29N5O2S. The number of nitrogens with one attached hydrogen (secondary N) is 2. The van der Waals surface area contributed by atoms with E-state index in [2.05, 4.69) is 27.5 Å². The molecule has 1 heterocycles. The molecule has 0 aliphatic rings. The van der Waals surface area contributed by atoms with Gasteiger partial charge in [-0.05, 0) is 24.1 Å². The molecule has 0 spiro atoms. The smallest absolute Gasteiger partial charge is 0.241 e. The van der Waals surface area contributed by atoms with Crippen molar-refractivity contribution < 1.29 is 9.53 Å². The summed E-state index contributed by atoms with van der Waals surface area (Å²) in [5.74, 6) is 1.42. The highest BCUT2D eigenvalue weighted by molar-refractivity contribution is 7.11. The lowest BCUT2D eigenvalue weighted by molar-refractivity contribution is -0.127. The number of aromatic nitrogens is 1. The van der Waals surface area contributed by atoms with Crippen LogP contribution >= 0.6 is 11.3 Å². The zero-order chi connectivity index (χ0) is 20.4. The number of hydrogen-bond donors (Lipinski definition) is 2. The molecule has 0 saturated heterocycles. The van der Waals surface area contributed by atoms with Crippen molar-refractivity contribution >= 4 is 23.2 Å². The number of hydrogen-bond acceptors (Lipinski definition) is 5. The van der Waals surface area contributed by atoms with Crippen LogP contribution in [0.4, 0.5) is 0 Å². The van der Waals surface area contributed by atoms with Crippen LogP contribution in [0.5, 0.6) is 5.75 Å². The highest BCUT2D eigenvalue weighted by Crippen LogP contribution is 2.13. The van der Waals surface area contributed by atoms with Crippen LogP contribution < -0.4 is 15.4 Å². The van der Waals surface area contributed by atoms with Crippen molar-refractivity contribution in [3.63, 3.8) is 0 Å². The van der Waals surface area contributed by atoms with Gasteiger partial charge in [0.25, 0.3) is 0 Å². The first-order valence-electron chi connectivity index (χ1n) is 9.30. The SMILES string of the molecule is CCc1cnc(CCNC(=NCc2ccc(OC)cc2)NCC(=O)N(C)C)s1. The zero-order valence-corrected chi connectivity index (χ0v) is 17.8. The largest absolute Gasteiger partial charge is 0.497 e. The van der Waals surface area contributed by atoms with Crippen LogP contribution in [-0.2, 0) is 24.2 Å². The summed E-state index contributed by atoms with van der Waals surface area (Å²) in [6.45, 7) is 3.53. The summed E-state index contributed by atoms with van der Waals surface area (Å²) in [5.41, 5.74) is 1.06. The van der Waals surface area contributed by atoms with Gasteiger partial charge in [0.2, 0.25) is 5.91 Å². The zero-order valence-electron chi connectivity index (χ0n) is 17.0. The monoisotopic (exact) mass is 403 g/mol. The fraction of sp³-hybridized carbons (Fsp3) is 0.450. The van der Waals surface area contributed by atoms with Gasteiger partial charge in [0.15, 0.2) is 5.96 Å². The van der Waals surface area contributed by atoms with Crippen LogP contribution in [0.3, 0.4) is 0 Å². The number of nitrogens with zero attached hydrogens (tertiary/aromatic N) is 3. The number of carbonyl (C=O) groups is 1. The van der Waals surface area contributed by atoms with Gasteiger partial charge < -0.3 is 20.3 Å². The highest BCUT2D eigenvalue weighted by Gasteiger charge is 2.07. The Hall–Kier alpha value is -2.61. The molecule has 2 aromatic rings. The Morgan fingerprint density at radius 2 is 2.00 bits per heavy atom. The number of thiazole rings is 1. The Balaban J connectivity index is 1.94. The number of benzene rings is 1. The number of rotatable bonds is 9. The number of carbonyl (C=O) groups excluding carboxylic acids is 1. The van der Waals surface area contributed by atoms with Crippen molar-refractivity contribution in [2.75, 3.05) is 34.3 Å². The van der Waals surface area contributed by atoms with Gasteiger partial charge in [-0.2, -0.15) is 0 Å². The lowest BCUT2D eigenvalue weighted by Gasteiger charge is -2.14. The molecule has 0 bridgehead atoms. The summed E-state index contributed by atoms with van der Waals surface area (Å²) < 4.78 is 5.18. The second-order valence-corrected chi connectivity index (χ2v) is 7.61. The minimum atomic E-state index is -0.00791. The fourth-order valence-corrected chi connectivity index (χ4v) is 3.17. The maximum absolute atomic E-state index is 11.9. The molecule has 1 aromatic carbocycles. The Bertz CT molecular complexity index is 771. The van der Waals surface area contributed by atoms with Gasteiger partial charge in [0.05, 0.1) is 25.2 Å². The molecule has 7 nitrogen and oxygen atoms in total. The molecule has 0 fully saturated rings. The van der Waals surface area contributed by atoms with E-state index in [1.807, 2.05) is 30.5 Å². The number of aryl methyl sites for hydroxylation is 1. The Kier molecular flexibility index (Phi) is 8.74. The van der Waals surface area contributed by atoms with E-state index in [-0.39, 0.29) is 12.5 Å². The molecule has 152 valence electrons. The Morgan fingerprint density at radius 3 is 2.61 bits per heavy atom. The third-order valence-electron chi connectivity index (χ3n) is 4.07. The summed E-state index contributed by atoms with van der Waals surface area (Å²) in [7, 11) is 5.12. The third-order valence-corrected chi connectivity index (χ3v) is 5.27. The number of ether oxygens (including phenoxy) is 1. The number of likely N-dealkylation sites (N-methyl/N-ethyl adjacent to an activating group) is 1. The fourth-order valence-electron chi connectivity index (χ4n) is 2.31. The minimum Gasteiger partial charge on any atom is -0.497 e. The predicted octanol–water partition coefficient (Wildman–Crippen LogP) is 2.08. The first-order valence-corrected chi connectivity index (χ1v) is 10.1. The average Bonchev–Trinajstić information content (AvgIpc) is 3.17. The maximum atomic E-state index is 11.9. The van der Waals surface area contributed by atoms with Crippen molar-refractivity contribution in [3.8, 4) is 5.75 Å². The molecule has 0 aliphatic carbocycles. The molecule has 0 atom stereocenters. The van der Waals surface area contributed by atoms with Gasteiger partial charge >= 0.3 is 0 Å². The van der Waals surface area contributed by atoms with Crippen LogP contribution in [0.1, 0.15) is 22.4 Å². The van der Waals surface area contributed by atoms with Crippen LogP contribution in [0.2, 0.25) is 0 Å². The summed E-state index contributed by atoms with van der Waals surface area (Å²) >= 11 is 1.74. The molecule has 0 aliphatic heterocycles. The molecule has 2 N–H and O–H groups in total. The van der Waals surface area contributed by atoms with Crippen molar-refractivity contribution in [1.29, 1.82) is 0 Å². The molecule has 1 amide bonds. The molecule has 1 aromatic heterocycles. The summed E-state index contributed by atoms with van der Waals surface area (Å²) in [6, 6.07) is 7.78. The quantitative estimate of drug-likeness (QED) is 0.495. The number of amides is 1. The van der Waals surface area contributed by atoms with E-state index >= 15 is 0 Å². The average molecular weight is 404 g/mol. The molecule has 8 heteroatoms. The number of guanidine groups is 1. The Morgan fingerprint density at radius 1 is 1.25 bits per heavy atom. The van der Waals surface area contributed by atoms with Gasteiger partial charge in [0.1, 0.15) is 5.75 Å². The van der Waals surface area contributed by atoms with E-state index in [0.717, 1.165) is 29.2 Å². The topological polar surface area (TPSA) is 78.9 Å². The van der Waals surface area contributed by atoms with Crippen molar-refractivity contribution in [2.24, 2.45) is 4.99 Å². The van der Waals surface area contributed by atoms with E-state index < -0.39 is 0 Å². The van der Waals surface area contributed by atoms with Crippen LogP contribution in [-0.4, -0.2) is 56.0 Å². The van der Waals surface area contributed by atoms with Crippen LogP contribution in [0.25, 0.3) is 0 Å². The number of aliphatic imine (C=N–C) groups is 1. The molecule has 0 unspecified atom stereocenters. The second-order valence-electron chi connectivity index (χ2n) is 6.41. The predicted molar refractivity (Wildman–Crippen MR) is 114 cm³/mol. The van der Waals surface area contributed by atoms with Crippen molar-refractivity contribution in [2.45, 2.75) is 26.3 Å². The maximum Gasteiger partial charge on any atom is 0.241 e. The minimum absolute atomic E-state index is 0.00791. The highest BCUT2D eigenvalue weighted by atomic mass is 32.1. The van der Waals surface area contributed by atoms with Crippen LogP contribution in [0.15, 0.2) is 35.5 Å². The molecular weight excluding hydrogens is 374 g/mol. The molecule has 0 radical (unpaired) electrons. The first-order chi connectivity index (χ1) is 13.5. The van der Waals surface area contributed by atoms with E-state index in [9.17, 15) is 4.79 Å². The van der Waals surface area contributed by atoms with Gasteiger partial charge in [0, 0.05) is 38.1 Å². The molecule has 0 saturated carbocycles. The number of methoxy groups -OCH3 is 1.